The van der Waals surface area contributed by atoms with E-state index in [0.717, 1.165) is 0 Å². The number of carbonyl (C=O) groups is 1. The fourth-order valence-corrected chi connectivity index (χ4v) is 2.10. The molecule has 1 heterocycles. The Labute approximate surface area is 126 Å². The first-order valence-electron chi connectivity index (χ1n) is 6.58. The van der Waals surface area contributed by atoms with Crippen LogP contribution in [0.2, 0.25) is 0 Å². The van der Waals surface area contributed by atoms with Gasteiger partial charge in [-0.2, -0.15) is 0 Å². The van der Waals surface area contributed by atoms with Crippen molar-refractivity contribution in [1.29, 1.82) is 0 Å². The summed E-state index contributed by atoms with van der Waals surface area (Å²) in [6, 6.07) is 10.3. The lowest BCUT2D eigenvalue weighted by Gasteiger charge is -2.11. The number of fused-ring (bicyclic) bond motifs is 1. The van der Waals surface area contributed by atoms with Crippen LogP contribution < -0.4 is 14.8 Å². The highest BCUT2D eigenvalue weighted by molar-refractivity contribution is 6.06. The molecule has 0 saturated heterocycles. The van der Waals surface area contributed by atoms with Gasteiger partial charge in [0, 0.05) is 11.6 Å². The molecule has 0 atom stereocenters. The molecule has 0 bridgehead atoms. The van der Waals surface area contributed by atoms with Crippen LogP contribution >= 0.6 is 0 Å². The van der Waals surface area contributed by atoms with E-state index >= 15 is 0 Å². The molecule has 0 saturated carbocycles. The number of hydrogen-bond donors (Lipinski definition) is 1. The standard InChI is InChI=1S/C16H14N2O4/c1-20-11-4-6-14(21-2)13(8-11)18-16(19)10-3-5-12-15(7-10)22-9-17-12/h3-9H,1-2H3,(H,18,19). The molecule has 0 radical (unpaired) electrons. The van der Waals surface area contributed by atoms with Gasteiger partial charge < -0.3 is 19.2 Å². The molecule has 0 fully saturated rings. The van der Waals surface area contributed by atoms with E-state index in [1.807, 2.05) is 0 Å². The molecule has 0 unspecified atom stereocenters. The van der Waals surface area contributed by atoms with Crippen LogP contribution in [0, 0.1) is 0 Å². The number of carbonyl (C=O) groups excluding carboxylic acids is 1. The summed E-state index contributed by atoms with van der Waals surface area (Å²) in [4.78, 5) is 16.4. The third-order valence-electron chi connectivity index (χ3n) is 3.25. The fourth-order valence-electron chi connectivity index (χ4n) is 2.10. The Hall–Kier alpha value is -3.02. The lowest BCUT2D eigenvalue weighted by atomic mass is 10.2. The van der Waals surface area contributed by atoms with Gasteiger partial charge in [-0.05, 0) is 30.3 Å². The van der Waals surface area contributed by atoms with Gasteiger partial charge in [0.15, 0.2) is 12.0 Å². The molecule has 2 aromatic carbocycles. The Morgan fingerprint density at radius 3 is 2.77 bits per heavy atom. The highest BCUT2D eigenvalue weighted by Gasteiger charge is 2.12. The SMILES string of the molecule is COc1ccc(OC)c(NC(=O)c2ccc3ncoc3c2)c1. The molecular weight excluding hydrogens is 284 g/mol. The fraction of sp³-hybridized carbons (Fsp3) is 0.125. The molecule has 0 aliphatic heterocycles. The summed E-state index contributed by atoms with van der Waals surface area (Å²) < 4.78 is 15.6. The minimum Gasteiger partial charge on any atom is -0.497 e. The van der Waals surface area contributed by atoms with E-state index in [0.29, 0.717) is 33.8 Å². The Kier molecular flexibility index (Phi) is 3.65. The number of rotatable bonds is 4. The summed E-state index contributed by atoms with van der Waals surface area (Å²) in [5.41, 5.74) is 2.26. The van der Waals surface area contributed by atoms with Crippen LogP contribution in [0.5, 0.6) is 11.5 Å². The molecule has 1 aromatic heterocycles. The summed E-state index contributed by atoms with van der Waals surface area (Å²) in [7, 11) is 3.10. The van der Waals surface area contributed by atoms with E-state index in [1.54, 1.807) is 43.5 Å². The Morgan fingerprint density at radius 1 is 1.14 bits per heavy atom. The van der Waals surface area contributed by atoms with Gasteiger partial charge in [-0.25, -0.2) is 4.98 Å². The number of oxazole rings is 1. The van der Waals surface area contributed by atoms with Gasteiger partial charge in [-0.15, -0.1) is 0 Å². The summed E-state index contributed by atoms with van der Waals surface area (Å²) in [5.74, 6) is 0.904. The van der Waals surface area contributed by atoms with Crippen LogP contribution in [-0.4, -0.2) is 25.1 Å². The molecule has 3 aromatic rings. The maximum absolute atomic E-state index is 12.4. The van der Waals surface area contributed by atoms with Crippen LogP contribution in [0.25, 0.3) is 11.1 Å². The van der Waals surface area contributed by atoms with Gasteiger partial charge in [0.2, 0.25) is 0 Å². The zero-order valence-electron chi connectivity index (χ0n) is 12.1. The largest absolute Gasteiger partial charge is 0.497 e. The molecule has 0 spiro atoms. The van der Waals surface area contributed by atoms with Gasteiger partial charge >= 0.3 is 0 Å². The Balaban J connectivity index is 1.89. The molecule has 1 N–H and O–H groups in total. The van der Waals surface area contributed by atoms with E-state index < -0.39 is 0 Å². The van der Waals surface area contributed by atoms with Crippen LogP contribution in [-0.2, 0) is 0 Å². The van der Waals surface area contributed by atoms with Gasteiger partial charge in [-0.1, -0.05) is 0 Å². The molecule has 0 aliphatic rings. The van der Waals surface area contributed by atoms with Crippen molar-refractivity contribution in [3.05, 3.63) is 48.4 Å². The van der Waals surface area contributed by atoms with Crippen molar-refractivity contribution in [2.75, 3.05) is 19.5 Å². The summed E-state index contributed by atoms with van der Waals surface area (Å²) in [5, 5.41) is 2.80. The second-order valence-electron chi connectivity index (χ2n) is 4.56. The quantitative estimate of drug-likeness (QED) is 0.801. The highest BCUT2D eigenvalue weighted by Crippen LogP contribution is 2.29. The van der Waals surface area contributed by atoms with E-state index in [1.165, 1.54) is 13.5 Å². The second-order valence-corrected chi connectivity index (χ2v) is 4.56. The van der Waals surface area contributed by atoms with Crippen LogP contribution in [0.15, 0.2) is 47.2 Å². The van der Waals surface area contributed by atoms with Gasteiger partial charge in [-0.3, -0.25) is 4.79 Å². The predicted molar refractivity (Wildman–Crippen MR) is 81.5 cm³/mol. The third-order valence-corrected chi connectivity index (χ3v) is 3.25. The average molecular weight is 298 g/mol. The minimum absolute atomic E-state index is 0.273. The van der Waals surface area contributed by atoms with Crippen molar-refractivity contribution in [2.45, 2.75) is 0 Å². The monoisotopic (exact) mass is 298 g/mol. The Bertz CT molecular complexity index is 826. The van der Waals surface area contributed by atoms with E-state index in [9.17, 15) is 4.79 Å². The number of nitrogens with one attached hydrogen (secondary N) is 1. The molecule has 112 valence electrons. The maximum Gasteiger partial charge on any atom is 0.255 e. The maximum atomic E-state index is 12.4. The first kappa shape index (κ1) is 13.9. The van der Waals surface area contributed by atoms with Crippen molar-refractivity contribution in [2.24, 2.45) is 0 Å². The summed E-state index contributed by atoms with van der Waals surface area (Å²) in [6.07, 6.45) is 1.34. The van der Waals surface area contributed by atoms with E-state index in [4.69, 9.17) is 13.9 Å². The number of benzene rings is 2. The van der Waals surface area contributed by atoms with Crippen molar-refractivity contribution in [1.82, 2.24) is 4.98 Å². The zero-order chi connectivity index (χ0) is 15.5. The van der Waals surface area contributed by atoms with Crippen molar-refractivity contribution < 1.29 is 18.7 Å². The molecular formula is C16H14N2O4. The van der Waals surface area contributed by atoms with Gasteiger partial charge in [0.05, 0.1) is 19.9 Å². The number of ether oxygens (including phenoxy) is 2. The molecule has 1 amide bonds. The predicted octanol–water partition coefficient (Wildman–Crippen LogP) is 3.10. The number of hydrogen-bond acceptors (Lipinski definition) is 5. The number of methoxy groups -OCH3 is 2. The molecule has 22 heavy (non-hydrogen) atoms. The number of nitrogens with zero attached hydrogens (tertiary/aromatic N) is 1. The summed E-state index contributed by atoms with van der Waals surface area (Å²) in [6.45, 7) is 0. The molecule has 6 nitrogen and oxygen atoms in total. The smallest absolute Gasteiger partial charge is 0.255 e. The second kappa shape index (κ2) is 5.77. The molecule has 0 aliphatic carbocycles. The first-order valence-corrected chi connectivity index (χ1v) is 6.58. The van der Waals surface area contributed by atoms with Crippen molar-refractivity contribution >= 4 is 22.7 Å². The van der Waals surface area contributed by atoms with Crippen molar-refractivity contribution in [3.8, 4) is 11.5 Å². The molecule has 3 rings (SSSR count). The van der Waals surface area contributed by atoms with Crippen LogP contribution in [0.3, 0.4) is 0 Å². The van der Waals surface area contributed by atoms with E-state index in [-0.39, 0.29) is 5.91 Å². The first-order chi connectivity index (χ1) is 10.7. The average Bonchev–Trinajstić information content (AvgIpc) is 3.02. The lowest BCUT2D eigenvalue weighted by Crippen LogP contribution is -2.12. The van der Waals surface area contributed by atoms with Gasteiger partial charge in [0.25, 0.3) is 5.91 Å². The number of amides is 1. The zero-order valence-corrected chi connectivity index (χ0v) is 12.1. The minimum atomic E-state index is -0.273. The number of aromatic nitrogens is 1. The third kappa shape index (κ3) is 2.58. The lowest BCUT2D eigenvalue weighted by molar-refractivity contribution is 0.102. The summed E-state index contributed by atoms with van der Waals surface area (Å²) >= 11 is 0. The number of anilines is 1. The van der Waals surface area contributed by atoms with Crippen LogP contribution in [0.1, 0.15) is 10.4 Å². The normalized spacial score (nSPS) is 10.5. The van der Waals surface area contributed by atoms with Gasteiger partial charge in [0.1, 0.15) is 17.0 Å². The Morgan fingerprint density at radius 2 is 2.00 bits per heavy atom. The van der Waals surface area contributed by atoms with Crippen LogP contribution in [0.4, 0.5) is 5.69 Å². The topological polar surface area (TPSA) is 73.6 Å². The van der Waals surface area contributed by atoms with Crippen molar-refractivity contribution in [3.63, 3.8) is 0 Å². The highest BCUT2D eigenvalue weighted by atomic mass is 16.5. The molecule has 6 heteroatoms. The van der Waals surface area contributed by atoms with E-state index in [2.05, 4.69) is 10.3 Å².